The summed E-state index contributed by atoms with van der Waals surface area (Å²) < 4.78 is 25.7. The number of hydrogen-bond acceptors (Lipinski definition) is 4. The van der Waals surface area contributed by atoms with Gasteiger partial charge in [-0.05, 0) is 43.7 Å². The number of ether oxygens (including phenoxy) is 1. The predicted octanol–water partition coefficient (Wildman–Crippen LogP) is 3.75. The van der Waals surface area contributed by atoms with Gasteiger partial charge in [-0.3, -0.25) is 4.79 Å². The molecule has 1 amide bonds. The number of carbonyl (C=O) groups is 1. The minimum atomic E-state index is -1.10. The van der Waals surface area contributed by atoms with Crippen LogP contribution < -0.4 is 15.4 Å². The molecule has 2 atom stereocenters. The van der Waals surface area contributed by atoms with E-state index in [1.165, 1.54) is 0 Å². The zero-order valence-corrected chi connectivity index (χ0v) is 15.7. The number of hydrogen-bond donors (Lipinski definition) is 2. The summed E-state index contributed by atoms with van der Waals surface area (Å²) in [7, 11) is 0. The van der Waals surface area contributed by atoms with Crippen molar-refractivity contribution in [1.82, 2.24) is 10.6 Å². The second kappa shape index (κ2) is 8.02. The van der Waals surface area contributed by atoms with Crippen molar-refractivity contribution in [3.63, 3.8) is 0 Å². The maximum absolute atomic E-state index is 14.1. The van der Waals surface area contributed by atoms with Crippen molar-refractivity contribution in [2.75, 3.05) is 13.1 Å². The first kappa shape index (κ1) is 18.5. The average Bonchev–Trinajstić information content (AvgIpc) is 3.04. The van der Waals surface area contributed by atoms with Gasteiger partial charge < -0.3 is 19.8 Å². The van der Waals surface area contributed by atoms with E-state index in [9.17, 15) is 9.18 Å². The molecule has 0 spiro atoms. The molecule has 1 aliphatic rings. The topological polar surface area (TPSA) is 63.5 Å². The molecule has 5 nitrogen and oxygen atoms in total. The van der Waals surface area contributed by atoms with Crippen molar-refractivity contribution in [3.8, 4) is 5.75 Å². The summed E-state index contributed by atoms with van der Waals surface area (Å²) in [5.74, 6) is 0.847. The standard InChI is InChI=1S/C22H23FN2O3/c1-14-21(22(26)25-19-9-10-24-12-18(19)23)17-11-16(7-8-20(17)28-14)27-13-15-5-3-2-4-6-15/h2-8,11,18-19,24H,9-10,12-13H2,1H3,(H,25,26). The third kappa shape index (κ3) is 3.87. The maximum Gasteiger partial charge on any atom is 0.255 e. The molecule has 0 radical (unpaired) electrons. The van der Waals surface area contributed by atoms with E-state index >= 15 is 0 Å². The lowest BCUT2D eigenvalue weighted by Gasteiger charge is -2.27. The van der Waals surface area contributed by atoms with Crippen LogP contribution in [0.15, 0.2) is 52.9 Å². The van der Waals surface area contributed by atoms with Gasteiger partial charge in [0.15, 0.2) is 0 Å². The molecule has 3 aromatic rings. The molecule has 0 aliphatic carbocycles. The number of halogens is 1. The summed E-state index contributed by atoms with van der Waals surface area (Å²) >= 11 is 0. The highest BCUT2D eigenvalue weighted by atomic mass is 19.1. The first-order valence-electron chi connectivity index (χ1n) is 9.47. The van der Waals surface area contributed by atoms with Gasteiger partial charge in [0, 0.05) is 11.9 Å². The molecule has 146 valence electrons. The predicted molar refractivity (Wildman–Crippen MR) is 105 cm³/mol. The van der Waals surface area contributed by atoms with Gasteiger partial charge in [0.05, 0.1) is 11.6 Å². The molecule has 2 aromatic carbocycles. The summed E-state index contributed by atoms with van der Waals surface area (Å²) in [6.07, 6.45) is -0.534. The van der Waals surface area contributed by atoms with E-state index in [0.29, 0.717) is 47.6 Å². The number of aryl methyl sites for hydroxylation is 1. The Morgan fingerprint density at radius 3 is 2.89 bits per heavy atom. The lowest BCUT2D eigenvalue weighted by molar-refractivity contribution is 0.0892. The molecule has 28 heavy (non-hydrogen) atoms. The summed E-state index contributed by atoms with van der Waals surface area (Å²) in [5, 5.41) is 6.48. The van der Waals surface area contributed by atoms with Gasteiger partial charge in [-0.15, -0.1) is 0 Å². The molecule has 6 heteroatoms. The Kier molecular flexibility index (Phi) is 5.30. The third-order valence-corrected chi connectivity index (χ3v) is 5.04. The van der Waals surface area contributed by atoms with Gasteiger partial charge in [0.25, 0.3) is 5.91 Å². The molecule has 4 rings (SSSR count). The molecule has 0 bridgehead atoms. The SMILES string of the molecule is Cc1oc2ccc(OCc3ccccc3)cc2c1C(=O)NC1CCNCC1F. The quantitative estimate of drug-likeness (QED) is 0.705. The lowest BCUT2D eigenvalue weighted by atomic mass is 10.0. The first-order chi connectivity index (χ1) is 13.6. The number of nitrogens with one attached hydrogen (secondary N) is 2. The van der Waals surface area contributed by atoms with E-state index in [0.717, 1.165) is 5.56 Å². The number of rotatable bonds is 5. The monoisotopic (exact) mass is 382 g/mol. The van der Waals surface area contributed by atoms with Gasteiger partial charge in [0.2, 0.25) is 0 Å². The lowest BCUT2D eigenvalue weighted by Crippen LogP contribution is -2.50. The molecule has 0 saturated carbocycles. The van der Waals surface area contributed by atoms with Crippen LogP contribution >= 0.6 is 0 Å². The van der Waals surface area contributed by atoms with Crippen LogP contribution in [0.1, 0.15) is 28.1 Å². The van der Waals surface area contributed by atoms with Crippen LogP contribution in [0.25, 0.3) is 11.0 Å². The summed E-state index contributed by atoms with van der Waals surface area (Å²) in [6.45, 7) is 3.12. The van der Waals surface area contributed by atoms with Crippen LogP contribution in [-0.4, -0.2) is 31.2 Å². The third-order valence-electron chi connectivity index (χ3n) is 5.04. The van der Waals surface area contributed by atoms with Crippen molar-refractivity contribution in [2.45, 2.75) is 32.2 Å². The second-order valence-corrected chi connectivity index (χ2v) is 7.05. The fourth-order valence-electron chi connectivity index (χ4n) is 3.54. The van der Waals surface area contributed by atoms with Crippen LogP contribution in [0.2, 0.25) is 0 Å². The Balaban J connectivity index is 1.55. The Hall–Kier alpha value is -2.86. The minimum absolute atomic E-state index is 0.257. The van der Waals surface area contributed by atoms with Crippen molar-refractivity contribution < 1.29 is 18.3 Å². The Morgan fingerprint density at radius 1 is 1.29 bits per heavy atom. The minimum Gasteiger partial charge on any atom is -0.489 e. The van der Waals surface area contributed by atoms with E-state index in [-0.39, 0.29) is 12.5 Å². The van der Waals surface area contributed by atoms with Crippen LogP contribution in [0.4, 0.5) is 4.39 Å². The van der Waals surface area contributed by atoms with Crippen LogP contribution in [0, 0.1) is 6.92 Å². The van der Waals surface area contributed by atoms with Crippen LogP contribution in [0.3, 0.4) is 0 Å². The highest BCUT2D eigenvalue weighted by Crippen LogP contribution is 2.29. The van der Waals surface area contributed by atoms with Gasteiger partial charge >= 0.3 is 0 Å². The normalized spacial score (nSPS) is 19.5. The maximum atomic E-state index is 14.1. The van der Waals surface area contributed by atoms with Crippen molar-refractivity contribution in [2.24, 2.45) is 0 Å². The fourth-order valence-corrected chi connectivity index (χ4v) is 3.54. The number of amides is 1. The van der Waals surface area contributed by atoms with E-state index in [2.05, 4.69) is 10.6 Å². The zero-order chi connectivity index (χ0) is 19.5. The first-order valence-corrected chi connectivity index (χ1v) is 9.47. The fraction of sp³-hybridized carbons (Fsp3) is 0.318. The average molecular weight is 382 g/mol. The van der Waals surface area contributed by atoms with Gasteiger partial charge in [0.1, 0.15) is 29.9 Å². The van der Waals surface area contributed by atoms with Crippen molar-refractivity contribution >= 4 is 16.9 Å². The number of piperidine rings is 1. The molecule has 2 heterocycles. The second-order valence-electron chi connectivity index (χ2n) is 7.05. The summed E-state index contributed by atoms with van der Waals surface area (Å²) in [5.41, 5.74) is 2.10. The molecule has 2 unspecified atom stereocenters. The number of alkyl halides is 1. The van der Waals surface area contributed by atoms with Gasteiger partial charge in [-0.2, -0.15) is 0 Å². The van der Waals surface area contributed by atoms with Crippen LogP contribution in [-0.2, 0) is 6.61 Å². The summed E-state index contributed by atoms with van der Waals surface area (Å²) in [6, 6.07) is 14.8. The number of carbonyl (C=O) groups excluding carboxylic acids is 1. The number of fused-ring (bicyclic) bond motifs is 1. The Labute approximate surface area is 162 Å². The van der Waals surface area contributed by atoms with Gasteiger partial charge in [-0.1, -0.05) is 30.3 Å². The van der Waals surface area contributed by atoms with Crippen molar-refractivity contribution in [3.05, 3.63) is 65.4 Å². The smallest absolute Gasteiger partial charge is 0.255 e. The van der Waals surface area contributed by atoms with Crippen molar-refractivity contribution in [1.29, 1.82) is 0 Å². The van der Waals surface area contributed by atoms with E-state index in [4.69, 9.17) is 9.15 Å². The largest absolute Gasteiger partial charge is 0.489 e. The van der Waals surface area contributed by atoms with E-state index < -0.39 is 12.2 Å². The summed E-state index contributed by atoms with van der Waals surface area (Å²) in [4.78, 5) is 12.8. The van der Waals surface area contributed by atoms with E-state index in [1.54, 1.807) is 19.1 Å². The Morgan fingerprint density at radius 2 is 2.11 bits per heavy atom. The van der Waals surface area contributed by atoms with Crippen LogP contribution in [0.5, 0.6) is 5.75 Å². The molecular formula is C22H23FN2O3. The zero-order valence-electron chi connectivity index (χ0n) is 15.7. The molecule has 1 aliphatic heterocycles. The highest BCUT2D eigenvalue weighted by Gasteiger charge is 2.28. The molecular weight excluding hydrogens is 359 g/mol. The Bertz CT molecular complexity index is 971. The highest BCUT2D eigenvalue weighted by molar-refractivity contribution is 6.07. The molecule has 1 aromatic heterocycles. The number of benzene rings is 2. The van der Waals surface area contributed by atoms with E-state index in [1.807, 2.05) is 36.4 Å². The molecule has 2 N–H and O–H groups in total. The van der Waals surface area contributed by atoms with Gasteiger partial charge in [-0.25, -0.2) is 4.39 Å². The molecule has 1 saturated heterocycles. The number of furan rings is 1. The molecule has 1 fully saturated rings.